The average Bonchev–Trinajstić information content (AvgIpc) is 2.31. The number of rotatable bonds is 2. The van der Waals surface area contributed by atoms with E-state index in [2.05, 4.69) is 9.72 Å². The van der Waals surface area contributed by atoms with Gasteiger partial charge in [-0.3, -0.25) is 4.98 Å². The molecular weight excluding hydrogens is 257 g/mol. The second-order valence-corrected chi connectivity index (χ2v) is 3.95. The maximum atomic E-state index is 12.4. The number of hydrogen-bond acceptors (Lipinski definition) is 3. The van der Waals surface area contributed by atoms with Gasteiger partial charge in [-0.2, -0.15) is 0 Å². The number of hydrogen-bond donors (Lipinski definition) is 1. The van der Waals surface area contributed by atoms with Crippen LogP contribution in [0.1, 0.15) is 5.69 Å². The standard InChI is InChI=1S/C13H11F3N2O/c1-8-11(6-9(17)7-18-8)10-4-2-3-5-12(10)19-13(14,15)16/h2-7H,17H2,1H3. The van der Waals surface area contributed by atoms with Crippen molar-refractivity contribution in [2.75, 3.05) is 5.73 Å². The molecule has 0 saturated carbocycles. The molecule has 0 aliphatic carbocycles. The van der Waals surface area contributed by atoms with E-state index in [1.807, 2.05) is 0 Å². The summed E-state index contributed by atoms with van der Waals surface area (Å²) in [6.45, 7) is 1.69. The molecule has 0 amide bonds. The van der Waals surface area contributed by atoms with Crippen LogP contribution in [0, 0.1) is 6.92 Å². The molecule has 1 aromatic heterocycles. The van der Waals surface area contributed by atoms with Gasteiger partial charge in [0, 0.05) is 16.8 Å². The molecule has 1 heterocycles. The molecule has 0 aliphatic heterocycles. The van der Waals surface area contributed by atoms with Crippen molar-refractivity contribution >= 4 is 5.69 Å². The van der Waals surface area contributed by atoms with Crippen molar-refractivity contribution in [2.24, 2.45) is 0 Å². The topological polar surface area (TPSA) is 48.1 Å². The molecule has 2 N–H and O–H groups in total. The number of ether oxygens (including phenoxy) is 1. The zero-order chi connectivity index (χ0) is 14.0. The van der Waals surface area contributed by atoms with E-state index in [1.54, 1.807) is 19.1 Å². The Morgan fingerprint density at radius 3 is 2.53 bits per heavy atom. The first-order valence-electron chi connectivity index (χ1n) is 5.44. The molecule has 1 aromatic carbocycles. The number of anilines is 1. The van der Waals surface area contributed by atoms with Crippen molar-refractivity contribution in [1.29, 1.82) is 0 Å². The maximum absolute atomic E-state index is 12.4. The number of nitrogen functional groups attached to an aromatic ring is 1. The zero-order valence-electron chi connectivity index (χ0n) is 10.0. The van der Waals surface area contributed by atoms with Crippen LogP contribution in [0.3, 0.4) is 0 Å². The largest absolute Gasteiger partial charge is 0.573 e. The molecule has 2 aromatic rings. The Kier molecular flexibility index (Phi) is 3.33. The Balaban J connectivity index is 2.53. The van der Waals surface area contributed by atoms with Gasteiger partial charge in [0.2, 0.25) is 0 Å². The summed E-state index contributed by atoms with van der Waals surface area (Å²) in [7, 11) is 0. The molecule has 0 radical (unpaired) electrons. The Morgan fingerprint density at radius 2 is 1.84 bits per heavy atom. The van der Waals surface area contributed by atoms with Crippen molar-refractivity contribution < 1.29 is 17.9 Å². The van der Waals surface area contributed by atoms with Crippen molar-refractivity contribution in [3.05, 3.63) is 42.2 Å². The molecule has 3 nitrogen and oxygen atoms in total. The quantitative estimate of drug-likeness (QED) is 0.906. The highest BCUT2D eigenvalue weighted by Crippen LogP contribution is 2.35. The Hall–Kier alpha value is -2.24. The van der Waals surface area contributed by atoms with Crippen LogP contribution in [0.25, 0.3) is 11.1 Å². The zero-order valence-corrected chi connectivity index (χ0v) is 10.0. The third-order valence-electron chi connectivity index (χ3n) is 2.51. The molecule has 0 bridgehead atoms. The Bertz CT molecular complexity index is 597. The van der Waals surface area contributed by atoms with Gasteiger partial charge in [0.1, 0.15) is 5.75 Å². The van der Waals surface area contributed by atoms with Crippen LogP contribution in [0.5, 0.6) is 5.75 Å². The third-order valence-corrected chi connectivity index (χ3v) is 2.51. The van der Waals surface area contributed by atoms with Crippen LogP contribution < -0.4 is 10.5 Å². The van der Waals surface area contributed by atoms with Gasteiger partial charge in [-0.25, -0.2) is 0 Å². The fourth-order valence-electron chi connectivity index (χ4n) is 1.72. The highest BCUT2D eigenvalue weighted by molar-refractivity contribution is 5.74. The predicted molar refractivity (Wildman–Crippen MR) is 65.5 cm³/mol. The molecule has 0 unspecified atom stereocenters. The SMILES string of the molecule is Cc1ncc(N)cc1-c1ccccc1OC(F)(F)F. The van der Waals surface area contributed by atoms with E-state index < -0.39 is 6.36 Å². The maximum Gasteiger partial charge on any atom is 0.573 e. The number of alkyl halides is 3. The predicted octanol–water partition coefficient (Wildman–Crippen LogP) is 3.54. The monoisotopic (exact) mass is 268 g/mol. The van der Waals surface area contributed by atoms with Crippen molar-refractivity contribution in [3.63, 3.8) is 0 Å². The molecule has 0 spiro atoms. The van der Waals surface area contributed by atoms with Crippen LogP contribution in [-0.2, 0) is 0 Å². The van der Waals surface area contributed by atoms with Crippen LogP contribution in [0.4, 0.5) is 18.9 Å². The summed E-state index contributed by atoms with van der Waals surface area (Å²) in [5.74, 6) is -0.273. The summed E-state index contributed by atoms with van der Waals surface area (Å²) in [5, 5.41) is 0. The minimum Gasteiger partial charge on any atom is -0.405 e. The summed E-state index contributed by atoms with van der Waals surface area (Å²) in [5.41, 5.74) is 7.39. The van der Waals surface area contributed by atoms with Gasteiger partial charge in [-0.05, 0) is 19.1 Å². The summed E-state index contributed by atoms with van der Waals surface area (Å²) < 4.78 is 41.1. The molecule has 0 fully saturated rings. The molecule has 19 heavy (non-hydrogen) atoms. The number of nitrogens with zero attached hydrogens (tertiary/aromatic N) is 1. The van der Waals surface area contributed by atoms with Crippen molar-refractivity contribution in [3.8, 4) is 16.9 Å². The number of para-hydroxylation sites is 1. The molecule has 0 atom stereocenters. The summed E-state index contributed by atoms with van der Waals surface area (Å²) in [4.78, 5) is 4.03. The second kappa shape index (κ2) is 4.79. The van der Waals surface area contributed by atoms with Gasteiger partial charge < -0.3 is 10.5 Å². The van der Waals surface area contributed by atoms with Crippen LogP contribution in [0.15, 0.2) is 36.5 Å². The van der Waals surface area contributed by atoms with Gasteiger partial charge in [0.25, 0.3) is 0 Å². The number of aryl methyl sites for hydroxylation is 1. The molecular formula is C13H11F3N2O. The first kappa shape index (κ1) is 13.2. The molecule has 0 aliphatic rings. The minimum atomic E-state index is -4.74. The van der Waals surface area contributed by atoms with Gasteiger partial charge >= 0.3 is 6.36 Å². The van der Waals surface area contributed by atoms with E-state index >= 15 is 0 Å². The van der Waals surface area contributed by atoms with Gasteiger partial charge in [-0.15, -0.1) is 13.2 Å². The fourth-order valence-corrected chi connectivity index (χ4v) is 1.72. The normalized spacial score (nSPS) is 11.4. The van der Waals surface area contributed by atoms with Gasteiger partial charge in [-0.1, -0.05) is 18.2 Å². The second-order valence-electron chi connectivity index (χ2n) is 3.95. The van der Waals surface area contributed by atoms with E-state index in [-0.39, 0.29) is 5.75 Å². The number of halogens is 3. The van der Waals surface area contributed by atoms with E-state index in [4.69, 9.17) is 5.73 Å². The lowest BCUT2D eigenvalue weighted by Crippen LogP contribution is -2.17. The summed E-state index contributed by atoms with van der Waals surface area (Å²) in [6.07, 6.45) is -3.29. The molecule has 100 valence electrons. The van der Waals surface area contributed by atoms with E-state index in [0.717, 1.165) is 0 Å². The average molecular weight is 268 g/mol. The first-order chi connectivity index (χ1) is 8.87. The lowest BCUT2D eigenvalue weighted by Gasteiger charge is -2.14. The van der Waals surface area contributed by atoms with Crippen LogP contribution in [-0.4, -0.2) is 11.3 Å². The lowest BCUT2D eigenvalue weighted by molar-refractivity contribution is -0.274. The van der Waals surface area contributed by atoms with Crippen LogP contribution in [0.2, 0.25) is 0 Å². The highest BCUT2D eigenvalue weighted by atomic mass is 19.4. The van der Waals surface area contributed by atoms with Gasteiger partial charge in [0.05, 0.1) is 11.9 Å². The molecule has 6 heteroatoms. The van der Waals surface area contributed by atoms with E-state index in [1.165, 1.54) is 24.4 Å². The number of aromatic nitrogens is 1. The lowest BCUT2D eigenvalue weighted by atomic mass is 10.0. The molecule has 2 rings (SSSR count). The number of benzene rings is 1. The van der Waals surface area contributed by atoms with Crippen molar-refractivity contribution in [1.82, 2.24) is 4.98 Å². The van der Waals surface area contributed by atoms with Crippen molar-refractivity contribution in [2.45, 2.75) is 13.3 Å². The molecule has 0 saturated heterocycles. The van der Waals surface area contributed by atoms with Gasteiger partial charge in [0.15, 0.2) is 0 Å². The highest BCUT2D eigenvalue weighted by Gasteiger charge is 2.32. The summed E-state index contributed by atoms with van der Waals surface area (Å²) >= 11 is 0. The Morgan fingerprint density at radius 1 is 1.16 bits per heavy atom. The summed E-state index contributed by atoms with van der Waals surface area (Å²) in [6, 6.07) is 7.46. The van der Waals surface area contributed by atoms with E-state index in [9.17, 15) is 13.2 Å². The Labute approximate surface area is 107 Å². The smallest absolute Gasteiger partial charge is 0.405 e. The number of pyridine rings is 1. The third kappa shape index (κ3) is 3.15. The fraction of sp³-hybridized carbons (Fsp3) is 0.154. The van der Waals surface area contributed by atoms with Crippen LogP contribution >= 0.6 is 0 Å². The number of nitrogens with two attached hydrogens (primary N) is 1. The first-order valence-corrected chi connectivity index (χ1v) is 5.44. The van der Waals surface area contributed by atoms with E-state index in [0.29, 0.717) is 22.5 Å². The minimum absolute atomic E-state index is 0.273.